The molecule has 0 unspecified atom stereocenters. The van der Waals surface area contributed by atoms with Gasteiger partial charge >= 0.3 is 0 Å². The molecule has 0 bridgehead atoms. The predicted octanol–water partition coefficient (Wildman–Crippen LogP) is 1.40. The van der Waals surface area contributed by atoms with Gasteiger partial charge in [-0.1, -0.05) is 0 Å². The quantitative estimate of drug-likeness (QED) is 0.725. The lowest BCUT2D eigenvalue weighted by atomic mass is 10.1. The molecule has 1 aliphatic rings. The molecule has 3 nitrogen and oxygen atoms in total. The smallest absolute Gasteiger partial charge is 0.125 e. The zero-order valence-corrected chi connectivity index (χ0v) is 8.99. The average Bonchev–Trinajstić information content (AvgIpc) is 2.30. The summed E-state index contributed by atoms with van der Waals surface area (Å²) in [7, 11) is 0. The van der Waals surface area contributed by atoms with E-state index in [9.17, 15) is 9.18 Å². The molecule has 1 aliphatic heterocycles. The van der Waals surface area contributed by atoms with Gasteiger partial charge < -0.3 is 14.4 Å². The number of benzene rings is 1. The van der Waals surface area contributed by atoms with Gasteiger partial charge in [-0.3, -0.25) is 0 Å². The third-order valence-corrected chi connectivity index (χ3v) is 2.64. The Morgan fingerprint density at radius 1 is 1.31 bits per heavy atom. The molecule has 0 amide bonds. The largest absolute Gasteiger partial charge is 0.378 e. The number of ether oxygens (including phenoxy) is 1. The third-order valence-electron chi connectivity index (χ3n) is 2.64. The number of hydrogen-bond acceptors (Lipinski definition) is 3. The lowest BCUT2D eigenvalue weighted by Gasteiger charge is -2.29. The first-order valence-corrected chi connectivity index (χ1v) is 5.35. The molecule has 86 valence electrons. The highest BCUT2D eigenvalue weighted by atomic mass is 19.1. The second-order valence-electron chi connectivity index (χ2n) is 3.79. The van der Waals surface area contributed by atoms with Crippen LogP contribution in [0.5, 0.6) is 0 Å². The molecule has 0 N–H and O–H groups in total. The molecule has 0 radical (unpaired) electrons. The summed E-state index contributed by atoms with van der Waals surface area (Å²) in [6.45, 7) is 2.87. The lowest BCUT2D eigenvalue weighted by Crippen LogP contribution is -2.36. The summed E-state index contributed by atoms with van der Waals surface area (Å²) in [5.74, 6) is -0.291. The zero-order chi connectivity index (χ0) is 11.4. The van der Waals surface area contributed by atoms with E-state index in [0.29, 0.717) is 13.2 Å². The average molecular weight is 223 g/mol. The molecule has 0 aromatic heterocycles. The van der Waals surface area contributed by atoms with E-state index in [4.69, 9.17) is 4.74 Å². The molecule has 1 aromatic carbocycles. The van der Waals surface area contributed by atoms with E-state index in [0.717, 1.165) is 30.6 Å². The second kappa shape index (κ2) is 5.07. The number of carbonyl (C=O) groups excluding carboxylic acids is 1. The minimum absolute atomic E-state index is 0.259. The van der Waals surface area contributed by atoms with Gasteiger partial charge in [-0.2, -0.15) is 0 Å². The number of anilines is 1. The summed E-state index contributed by atoms with van der Waals surface area (Å²) < 4.78 is 18.6. The van der Waals surface area contributed by atoms with Crippen molar-refractivity contribution in [1.82, 2.24) is 0 Å². The number of hydrogen-bond donors (Lipinski definition) is 0. The Kier molecular flexibility index (Phi) is 3.51. The van der Waals surface area contributed by atoms with Gasteiger partial charge in [0.25, 0.3) is 0 Å². The van der Waals surface area contributed by atoms with Gasteiger partial charge in [0, 0.05) is 25.2 Å². The van der Waals surface area contributed by atoms with Crippen LogP contribution in [0.25, 0.3) is 0 Å². The number of nitrogens with zero attached hydrogens (tertiary/aromatic N) is 1. The number of halogens is 1. The van der Waals surface area contributed by atoms with Crippen molar-refractivity contribution in [3.05, 3.63) is 29.6 Å². The van der Waals surface area contributed by atoms with Crippen LogP contribution in [-0.4, -0.2) is 32.6 Å². The molecular formula is C12H14FNO2. The van der Waals surface area contributed by atoms with Gasteiger partial charge in [0.15, 0.2) is 0 Å². The van der Waals surface area contributed by atoms with Crippen LogP contribution in [0.15, 0.2) is 18.2 Å². The topological polar surface area (TPSA) is 29.5 Å². The molecule has 0 aliphatic carbocycles. The van der Waals surface area contributed by atoms with Gasteiger partial charge in [-0.05, 0) is 23.8 Å². The van der Waals surface area contributed by atoms with Crippen LogP contribution in [0.4, 0.5) is 10.1 Å². The Bertz CT molecular complexity index is 375. The van der Waals surface area contributed by atoms with E-state index in [2.05, 4.69) is 4.90 Å². The monoisotopic (exact) mass is 223 g/mol. The third kappa shape index (κ3) is 2.58. The van der Waals surface area contributed by atoms with Crippen molar-refractivity contribution in [3.8, 4) is 0 Å². The van der Waals surface area contributed by atoms with Crippen LogP contribution >= 0.6 is 0 Å². The summed E-state index contributed by atoms with van der Waals surface area (Å²) in [4.78, 5) is 12.5. The first-order chi connectivity index (χ1) is 7.79. The number of aldehydes is 1. The fraction of sp³-hybridized carbons (Fsp3) is 0.417. The maximum absolute atomic E-state index is 13.3. The van der Waals surface area contributed by atoms with E-state index in [-0.39, 0.29) is 12.2 Å². The van der Waals surface area contributed by atoms with Crippen molar-refractivity contribution in [2.24, 2.45) is 0 Å². The van der Waals surface area contributed by atoms with Gasteiger partial charge in [-0.15, -0.1) is 0 Å². The summed E-state index contributed by atoms with van der Waals surface area (Å²) >= 11 is 0. The molecule has 0 spiro atoms. The molecule has 4 heteroatoms. The summed E-state index contributed by atoms with van der Waals surface area (Å²) in [6, 6.07) is 4.76. The highest BCUT2D eigenvalue weighted by Gasteiger charge is 2.12. The van der Waals surface area contributed by atoms with Crippen molar-refractivity contribution in [2.45, 2.75) is 6.42 Å². The van der Waals surface area contributed by atoms with Gasteiger partial charge in [0.05, 0.1) is 13.2 Å². The minimum atomic E-state index is -0.291. The number of carbonyl (C=O) groups is 1. The van der Waals surface area contributed by atoms with E-state index in [1.54, 1.807) is 0 Å². The first kappa shape index (κ1) is 11.1. The minimum Gasteiger partial charge on any atom is -0.378 e. The molecule has 1 saturated heterocycles. The summed E-state index contributed by atoms with van der Waals surface area (Å²) in [6.07, 6.45) is 1.05. The van der Waals surface area contributed by atoms with Crippen molar-refractivity contribution >= 4 is 12.0 Å². The maximum atomic E-state index is 13.3. The Balaban J connectivity index is 2.21. The fourth-order valence-corrected chi connectivity index (χ4v) is 1.85. The zero-order valence-electron chi connectivity index (χ0n) is 8.99. The standard InChI is InChI=1S/C12H14FNO2/c13-11-7-10(1-4-15)8-12(9-11)14-2-5-16-6-3-14/h4,7-9H,1-3,5-6H2. The lowest BCUT2D eigenvalue weighted by molar-refractivity contribution is -0.107. The molecule has 16 heavy (non-hydrogen) atoms. The Hall–Kier alpha value is -1.42. The SMILES string of the molecule is O=CCc1cc(F)cc(N2CCOCC2)c1. The van der Waals surface area contributed by atoms with Crippen LogP contribution in [-0.2, 0) is 16.0 Å². The molecule has 0 atom stereocenters. The predicted molar refractivity (Wildman–Crippen MR) is 59.2 cm³/mol. The van der Waals surface area contributed by atoms with Gasteiger partial charge in [0.2, 0.25) is 0 Å². The van der Waals surface area contributed by atoms with Crippen LogP contribution in [0.2, 0.25) is 0 Å². The summed E-state index contributed by atoms with van der Waals surface area (Å²) in [5.41, 5.74) is 1.55. The van der Waals surface area contributed by atoms with Crippen molar-refractivity contribution < 1.29 is 13.9 Å². The number of morpholine rings is 1. The Morgan fingerprint density at radius 3 is 2.75 bits per heavy atom. The van der Waals surface area contributed by atoms with E-state index in [1.165, 1.54) is 12.1 Å². The molecule has 1 heterocycles. The van der Waals surface area contributed by atoms with E-state index in [1.807, 2.05) is 6.07 Å². The molecule has 0 saturated carbocycles. The highest BCUT2D eigenvalue weighted by Crippen LogP contribution is 2.19. The van der Waals surface area contributed by atoms with Gasteiger partial charge in [0.1, 0.15) is 12.1 Å². The molecule has 1 fully saturated rings. The fourth-order valence-electron chi connectivity index (χ4n) is 1.85. The number of rotatable bonds is 3. The Labute approximate surface area is 93.8 Å². The maximum Gasteiger partial charge on any atom is 0.125 e. The first-order valence-electron chi connectivity index (χ1n) is 5.35. The molecular weight excluding hydrogens is 209 g/mol. The Morgan fingerprint density at radius 2 is 2.06 bits per heavy atom. The summed E-state index contributed by atoms with van der Waals surface area (Å²) in [5, 5.41) is 0. The van der Waals surface area contributed by atoms with E-state index < -0.39 is 0 Å². The molecule has 2 rings (SSSR count). The van der Waals surface area contributed by atoms with Crippen molar-refractivity contribution in [3.63, 3.8) is 0 Å². The second-order valence-corrected chi connectivity index (χ2v) is 3.79. The van der Waals surface area contributed by atoms with Crippen molar-refractivity contribution in [1.29, 1.82) is 0 Å². The normalized spacial score (nSPS) is 16.2. The van der Waals surface area contributed by atoms with Crippen molar-refractivity contribution in [2.75, 3.05) is 31.2 Å². The van der Waals surface area contributed by atoms with Crippen LogP contribution in [0, 0.1) is 5.82 Å². The van der Waals surface area contributed by atoms with E-state index >= 15 is 0 Å². The van der Waals surface area contributed by atoms with Gasteiger partial charge in [-0.25, -0.2) is 4.39 Å². The van der Waals surface area contributed by atoms with Crippen LogP contribution in [0.3, 0.4) is 0 Å². The van der Waals surface area contributed by atoms with Crippen LogP contribution in [0.1, 0.15) is 5.56 Å². The van der Waals surface area contributed by atoms with Crippen LogP contribution < -0.4 is 4.90 Å². The molecule has 1 aromatic rings. The highest BCUT2D eigenvalue weighted by molar-refractivity contribution is 5.58.